The molecule has 5 heteroatoms. The standard InChI is InChI=1S/C26H27FN2OS/c1-25(2,3)15-12-13-28-19(14-15)18-9-7-8-16(21(18)27)17-10-11-20-22(23(17)30)29-24(31-20)26(4,5)6/h7-14,30H,1-6H3. The molecule has 0 unspecified atom stereocenters. The number of fused-ring (bicyclic) bond motifs is 1. The van der Waals surface area contributed by atoms with Gasteiger partial charge in [-0.05, 0) is 41.3 Å². The zero-order chi connectivity index (χ0) is 22.6. The highest BCUT2D eigenvalue weighted by molar-refractivity contribution is 7.18. The van der Waals surface area contributed by atoms with E-state index in [0.29, 0.717) is 27.9 Å². The number of hydrogen-bond acceptors (Lipinski definition) is 4. The Balaban J connectivity index is 1.86. The second kappa shape index (κ2) is 7.41. The summed E-state index contributed by atoms with van der Waals surface area (Å²) >= 11 is 1.56. The minimum Gasteiger partial charge on any atom is -0.505 e. The van der Waals surface area contributed by atoms with Crippen molar-refractivity contribution in [2.24, 2.45) is 0 Å². The Morgan fingerprint density at radius 3 is 2.26 bits per heavy atom. The number of benzene rings is 2. The first-order valence-electron chi connectivity index (χ1n) is 10.4. The molecule has 2 heterocycles. The van der Waals surface area contributed by atoms with Gasteiger partial charge in [0.25, 0.3) is 0 Å². The third kappa shape index (κ3) is 3.94. The predicted octanol–water partition coefficient (Wildman–Crippen LogP) is 7.47. The van der Waals surface area contributed by atoms with Crippen LogP contribution in [0.1, 0.15) is 52.1 Å². The largest absolute Gasteiger partial charge is 0.505 e. The van der Waals surface area contributed by atoms with Crippen LogP contribution in [0.3, 0.4) is 0 Å². The summed E-state index contributed by atoms with van der Waals surface area (Å²) in [6.45, 7) is 12.6. The molecule has 0 fully saturated rings. The normalized spacial score (nSPS) is 12.5. The molecule has 2 aromatic carbocycles. The topological polar surface area (TPSA) is 46.0 Å². The van der Waals surface area contributed by atoms with Gasteiger partial charge in [0.2, 0.25) is 0 Å². The molecule has 0 saturated heterocycles. The zero-order valence-electron chi connectivity index (χ0n) is 18.7. The molecule has 0 amide bonds. The quantitative estimate of drug-likeness (QED) is 0.356. The van der Waals surface area contributed by atoms with E-state index < -0.39 is 5.82 Å². The van der Waals surface area contributed by atoms with Gasteiger partial charge < -0.3 is 5.11 Å². The third-order valence-corrected chi connectivity index (χ3v) is 6.81. The van der Waals surface area contributed by atoms with E-state index in [0.717, 1.165) is 15.3 Å². The van der Waals surface area contributed by atoms with Gasteiger partial charge >= 0.3 is 0 Å². The van der Waals surface area contributed by atoms with Gasteiger partial charge in [0, 0.05) is 28.3 Å². The third-order valence-electron chi connectivity index (χ3n) is 5.37. The molecule has 0 atom stereocenters. The van der Waals surface area contributed by atoms with Gasteiger partial charge in [0.15, 0.2) is 5.75 Å². The summed E-state index contributed by atoms with van der Waals surface area (Å²) in [6, 6.07) is 12.8. The second-order valence-corrected chi connectivity index (χ2v) is 11.0. The van der Waals surface area contributed by atoms with E-state index in [2.05, 4.69) is 51.5 Å². The Bertz CT molecular complexity index is 1280. The fourth-order valence-corrected chi connectivity index (χ4v) is 4.53. The maximum atomic E-state index is 15.7. The molecule has 0 bridgehead atoms. The van der Waals surface area contributed by atoms with E-state index in [-0.39, 0.29) is 16.6 Å². The molecule has 160 valence electrons. The van der Waals surface area contributed by atoms with Crippen LogP contribution in [0.4, 0.5) is 4.39 Å². The molecular weight excluding hydrogens is 407 g/mol. The van der Waals surface area contributed by atoms with Gasteiger partial charge in [0.1, 0.15) is 11.3 Å². The summed E-state index contributed by atoms with van der Waals surface area (Å²) < 4.78 is 16.6. The smallest absolute Gasteiger partial charge is 0.150 e. The summed E-state index contributed by atoms with van der Waals surface area (Å²) in [4.78, 5) is 9.06. The van der Waals surface area contributed by atoms with Crippen LogP contribution in [0.25, 0.3) is 32.6 Å². The number of phenolic OH excluding ortho intramolecular Hbond substituents is 1. The highest BCUT2D eigenvalue weighted by Crippen LogP contribution is 2.42. The Kier molecular flexibility index (Phi) is 5.13. The van der Waals surface area contributed by atoms with Crippen molar-refractivity contribution in [3.05, 3.63) is 65.0 Å². The van der Waals surface area contributed by atoms with Crippen molar-refractivity contribution in [3.8, 4) is 28.1 Å². The van der Waals surface area contributed by atoms with Crippen LogP contribution in [0, 0.1) is 5.82 Å². The van der Waals surface area contributed by atoms with Crippen LogP contribution >= 0.6 is 11.3 Å². The molecule has 0 aliphatic rings. The first kappa shape index (κ1) is 21.4. The lowest BCUT2D eigenvalue weighted by Crippen LogP contribution is -2.11. The van der Waals surface area contributed by atoms with E-state index in [9.17, 15) is 5.11 Å². The summed E-state index contributed by atoms with van der Waals surface area (Å²) in [6.07, 6.45) is 1.72. The van der Waals surface area contributed by atoms with Crippen molar-refractivity contribution in [2.75, 3.05) is 0 Å². The number of pyridine rings is 1. The van der Waals surface area contributed by atoms with Crippen LogP contribution in [0.5, 0.6) is 5.75 Å². The van der Waals surface area contributed by atoms with Gasteiger partial charge in [-0.2, -0.15) is 0 Å². The lowest BCUT2D eigenvalue weighted by Gasteiger charge is -2.19. The molecule has 0 radical (unpaired) electrons. The van der Waals surface area contributed by atoms with E-state index in [4.69, 9.17) is 0 Å². The maximum Gasteiger partial charge on any atom is 0.150 e. The van der Waals surface area contributed by atoms with Gasteiger partial charge in [-0.3, -0.25) is 4.98 Å². The van der Waals surface area contributed by atoms with Gasteiger partial charge in [-0.25, -0.2) is 9.37 Å². The molecule has 0 aliphatic carbocycles. The number of nitrogens with zero attached hydrogens (tertiary/aromatic N) is 2. The summed E-state index contributed by atoms with van der Waals surface area (Å²) in [5, 5.41) is 11.9. The molecule has 31 heavy (non-hydrogen) atoms. The molecule has 4 rings (SSSR count). The molecule has 0 spiro atoms. The van der Waals surface area contributed by atoms with Crippen LogP contribution in [0.15, 0.2) is 48.7 Å². The van der Waals surface area contributed by atoms with Crippen LogP contribution < -0.4 is 0 Å². The number of rotatable bonds is 2. The van der Waals surface area contributed by atoms with Crippen molar-refractivity contribution in [1.29, 1.82) is 0 Å². The average molecular weight is 435 g/mol. The minimum atomic E-state index is -0.401. The monoisotopic (exact) mass is 434 g/mol. The number of halogens is 1. The first-order chi connectivity index (χ1) is 14.5. The van der Waals surface area contributed by atoms with Gasteiger partial charge in [-0.1, -0.05) is 53.7 Å². The van der Waals surface area contributed by atoms with Crippen LogP contribution in [0.2, 0.25) is 0 Å². The first-order valence-corrected chi connectivity index (χ1v) is 11.2. The number of aromatic nitrogens is 2. The SMILES string of the molecule is CC(C)(C)c1ccnc(-c2cccc(-c3ccc4sc(C(C)(C)C)nc4c3O)c2F)c1. The number of aromatic hydroxyl groups is 1. The Labute approximate surface area is 186 Å². The molecule has 4 aromatic rings. The predicted molar refractivity (Wildman–Crippen MR) is 127 cm³/mol. The highest BCUT2D eigenvalue weighted by Gasteiger charge is 2.23. The second-order valence-electron chi connectivity index (χ2n) is 9.92. The summed E-state index contributed by atoms with van der Waals surface area (Å²) in [5.74, 6) is -0.390. The Morgan fingerprint density at radius 2 is 1.58 bits per heavy atom. The van der Waals surface area contributed by atoms with E-state index in [1.54, 1.807) is 41.8 Å². The Hall–Kier alpha value is -2.79. The fraction of sp³-hybridized carbons (Fsp3) is 0.308. The number of phenols is 1. The molecule has 0 saturated carbocycles. The van der Waals surface area contributed by atoms with Gasteiger partial charge in [0.05, 0.1) is 15.4 Å². The van der Waals surface area contributed by atoms with E-state index >= 15 is 4.39 Å². The Morgan fingerprint density at radius 1 is 0.871 bits per heavy atom. The molecule has 1 N–H and O–H groups in total. The van der Waals surface area contributed by atoms with Gasteiger partial charge in [-0.15, -0.1) is 11.3 Å². The van der Waals surface area contributed by atoms with Crippen molar-refractivity contribution in [1.82, 2.24) is 9.97 Å². The van der Waals surface area contributed by atoms with Crippen molar-refractivity contribution >= 4 is 21.6 Å². The molecular formula is C26H27FN2OS. The van der Waals surface area contributed by atoms with Crippen LogP contribution in [-0.2, 0) is 10.8 Å². The highest BCUT2D eigenvalue weighted by atomic mass is 32.1. The fourth-order valence-electron chi connectivity index (χ4n) is 3.50. The van der Waals surface area contributed by atoms with E-state index in [1.165, 1.54) is 0 Å². The van der Waals surface area contributed by atoms with Crippen LogP contribution in [-0.4, -0.2) is 15.1 Å². The average Bonchev–Trinajstić information content (AvgIpc) is 3.14. The number of thiazole rings is 1. The van der Waals surface area contributed by atoms with Crippen molar-refractivity contribution in [3.63, 3.8) is 0 Å². The lowest BCUT2D eigenvalue weighted by molar-refractivity contribution is 0.481. The number of hydrogen-bond donors (Lipinski definition) is 1. The van der Waals surface area contributed by atoms with Crippen molar-refractivity contribution < 1.29 is 9.50 Å². The summed E-state index contributed by atoms with van der Waals surface area (Å²) in [5.41, 5.74) is 3.19. The molecule has 0 aliphatic heterocycles. The van der Waals surface area contributed by atoms with E-state index in [1.807, 2.05) is 18.2 Å². The zero-order valence-corrected chi connectivity index (χ0v) is 19.6. The maximum absolute atomic E-state index is 15.7. The van der Waals surface area contributed by atoms with Crippen molar-refractivity contribution in [2.45, 2.75) is 52.4 Å². The molecule has 2 aromatic heterocycles. The molecule has 3 nitrogen and oxygen atoms in total. The summed E-state index contributed by atoms with van der Waals surface area (Å²) in [7, 11) is 0. The lowest BCUT2D eigenvalue weighted by atomic mass is 9.86. The minimum absolute atomic E-state index is 0.0108.